The van der Waals surface area contributed by atoms with Gasteiger partial charge < -0.3 is 5.32 Å². The second kappa shape index (κ2) is 5.44. The zero-order chi connectivity index (χ0) is 14.0. The smallest absolute Gasteiger partial charge is 0.251 e. The van der Waals surface area contributed by atoms with Gasteiger partial charge in [0.15, 0.2) is 17.5 Å². The van der Waals surface area contributed by atoms with E-state index in [9.17, 15) is 18.0 Å². The van der Waals surface area contributed by atoms with Gasteiger partial charge in [-0.1, -0.05) is 6.07 Å². The summed E-state index contributed by atoms with van der Waals surface area (Å²) >= 11 is 1.45. The molecule has 100 valence electrons. The average molecular weight is 285 g/mol. The molecule has 6 heteroatoms. The SMILES string of the molecule is CC(NC(=O)c1cc(F)c(F)c(F)c1)c1cccs1. The summed E-state index contributed by atoms with van der Waals surface area (Å²) in [4.78, 5) is 12.7. The summed E-state index contributed by atoms with van der Waals surface area (Å²) in [6.07, 6.45) is 0. The zero-order valence-corrected chi connectivity index (χ0v) is 10.7. The van der Waals surface area contributed by atoms with Gasteiger partial charge >= 0.3 is 0 Å². The maximum Gasteiger partial charge on any atom is 0.251 e. The molecule has 2 rings (SSSR count). The third-order valence-electron chi connectivity index (χ3n) is 2.56. The molecular formula is C13H10F3NOS. The van der Waals surface area contributed by atoms with Gasteiger partial charge in [-0.2, -0.15) is 0 Å². The van der Waals surface area contributed by atoms with Crippen LogP contribution < -0.4 is 5.32 Å². The first-order chi connectivity index (χ1) is 8.99. The molecule has 1 atom stereocenters. The van der Waals surface area contributed by atoms with Crippen molar-refractivity contribution in [1.82, 2.24) is 5.32 Å². The molecule has 0 aliphatic carbocycles. The van der Waals surface area contributed by atoms with Gasteiger partial charge in [0, 0.05) is 10.4 Å². The number of thiophene rings is 1. The number of benzene rings is 1. The predicted octanol–water partition coefficient (Wildman–Crippen LogP) is 3.66. The first-order valence-corrected chi connectivity index (χ1v) is 6.36. The number of carbonyl (C=O) groups is 1. The molecule has 0 aliphatic heterocycles. The molecule has 1 aromatic carbocycles. The van der Waals surface area contributed by atoms with Crippen LogP contribution in [-0.2, 0) is 0 Å². The highest BCUT2D eigenvalue weighted by molar-refractivity contribution is 7.10. The van der Waals surface area contributed by atoms with E-state index in [-0.39, 0.29) is 11.6 Å². The molecule has 0 fully saturated rings. The number of hydrogen-bond acceptors (Lipinski definition) is 2. The summed E-state index contributed by atoms with van der Waals surface area (Å²) in [5.74, 6) is -5.00. The molecule has 1 unspecified atom stereocenters. The van der Waals surface area contributed by atoms with Crippen molar-refractivity contribution in [3.05, 3.63) is 57.5 Å². The van der Waals surface area contributed by atoms with Crippen LogP contribution in [-0.4, -0.2) is 5.91 Å². The van der Waals surface area contributed by atoms with Crippen molar-refractivity contribution in [2.45, 2.75) is 13.0 Å². The monoisotopic (exact) mass is 285 g/mol. The van der Waals surface area contributed by atoms with Crippen molar-refractivity contribution in [2.24, 2.45) is 0 Å². The van der Waals surface area contributed by atoms with Crippen LogP contribution in [0.15, 0.2) is 29.6 Å². The standard InChI is InChI=1S/C13H10F3NOS/c1-7(11-3-2-4-19-11)17-13(18)8-5-9(14)12(16)10(15)6-8/h2-7H,1H3,(H,17,18). The van der Waals surface area contributed by atoms with E-state index < -0.39 is 23.4 Å². The summed E-state index contributed by atoms with van der Waals surface area (Å²) in [5.41, 5.74) is -0.250. The van der Waals surface area contributed by atoms with E-state index >= 15 is 0 Å². The Labute approximate surface area is 111 Å². The van der Waals surface area contributed by atoms with Gasteiger partial charge in [-0.25, -0.2) is 13.2 Å². The van der Waals surface area contributed by atoms with Crippen molar-refractivity contribution in [3.63, 3.8) is 0 Å². The van der Waals surface area contributed by atoms with Crippen molar-refractivity contribution < 1.29 is 18.0 Å². The Balaban J connectivity index is 2.16. The molecule has 1 N–H and O–H groups in total. The van der Waals surface area contributed by atoms with Crippen LogP contribution in [0.3, 0.4) is 0 Å². The van der Waals surface area contributed by atoms with E-state index in [1.807, 2.05) is 17.5 Å². The minimum absolute atomic E-state index is 0.250. The summed E-state index contributed by atoms with van der Waals surface area (Å²) in [5, 5.41) is 4.44. The molecule has 2 aromatic rings. The molecule has 1 aromatic heterocycles. The van der Waals surface area contributed by atoms with Gasteiger partial charge in [-0.15, -0.1) is 11.3 Å². The number of rotatable bonds is 3. The van der Waals surface area contributed by atoms with Crippen LogP contribution in [0.1, 0.15) is 28.2 Å². The summed E-state index contributed by atoms with van der Waals surface area (Å²) < 4.78 is 38.8. The van der Waals surface area contributed by atoms with E-state index in [1.165, 1.54) is 11.3 Å². The third kappa shape index (κ3) is 2.96. The Hall–Kier alpha value is -1.82. The van der Waals surface area contributed by atoms with Gasteiger partial charge in [-0.3, -0.25) is 4.79 Å². The molecule has 0 aliphatic rings. The third-order valence-corrected chi connectivity index (χ3v) is 3.62. The Morgan fingerprint density at radius 3 is 2.42 bits per heavy atom. The number of hydrogen-bond donors (Lipinski definition) is 1. The highest BCUT2D eigenvalue weighted by Crippen LogP contribution is 2.19. The van der Waals surface area contributed by atoms with Crippen LogP contribution in [0, 0.1) is 17.5 Å². The first-order valence-electron chi connectivity index (χ1n) is 5.48. The maximum atomic E-state index is 13.0. The van der Waals surface area contributed by atoms with Gasteiger partial charge in [-0.05, 0) is 30.5 Å². The van der Waals surface area contributed by atoms with E-state index in [0.717, 1.165) is 4.88 Å². The second-order valence-corrected chi connectivity index (χ2v) is 4.94. The lowest BCUT2D eigenvalue weighted by atomic mass is 10.1. The number of carbonyl (C=O) groups excluding carboxylic acids is 1. The Kier molecular flexibility index (Phi) is 3.90. The molecule has 0 spiro atoms. The summed E-state index contributed by atoms with van der Waals surface area (Å²) in [6.45, 7) is 1.75. The highest BCUT2D eigenvalue weighted by atomic mass is 32.1. The van der Waals surface area contributed by atoms with E-state index in [1.54, 1.807) is 6.92 Å². The molecule has 19 heavy (non-hydrogen) atoms. The molecular weight excluding hydrogens is 275 g/mol. The average Bonchev–Trinajstić information content (AvgIpc) is 2.89. The Morgan fingerprint density at radius 1 is 1.26 bits per heavy atom. The lowest BCUT2D eigenvalue weighted by Gasteiger charge is -2.12. The first kappa shape index (κ1) is 13.6. The number of amides is 1. The van der Waals surface area contributed by atoms with Crippen LogP contribution in [0.5, 0.6) is 0 Å². The summed E-state index contributed by atoms with van der Waals surface area (Å²) in [6, 6.07) is 4.73. The molecule has 0 radical (unpaired) electrons. The highest BCUT2D eigenvalue weighted by Gasteiger charge is 2.17. The minimum atomic E-state index is -1.58. The summed E-state index contributed by atoms with van der Waals surface area (Å²) in [7, 11) is 0. The van der Waals surface area contributed by atoms with Crippen molar-refractivity contribution in [2.75, 3.05) is 0 Å². The molecule has 0 saturated heterocycles. The fourth-order valence-corrected chi connectivity index (χ4v) is 2.31. The maximum absolute atomic E-state index is 13.0. The molecule has 2 nitrogen and oxygen atoms in total. The van der Waals surface area contributed by atoms with E-state index in [2.05, 4.69) is 5.32 Å². The van der Waals surface area contributed by atoms with Crippen LogP contribution in [0.4, 0.5) is 13.2 Å². The normalized spacial score (nSPS) is 12.2. The van der Waals surface area contributed by atoms with Gasteiger partial charge in [0.25, 0.3) is 5.91 Å². The topological polar surface area (TPSA) is 29.1 Å². The lowest BCUT2D eigenvalue weighted by molar-refractivity contribution is 0.0939. The van der Waals surface area contributed by atoms with Crippen LogP contribution >= 0.6 is 11.3 Å². The number of nitrogens with one attached hydrogen (secondary N) is 1. The quantitative estimate of drug-likeness (QED) is 0.857. The van der Waals surface area contributed by atoms with E-state index in [0.29, 0.717) is 12.1 Å². The molecule has 0 saturated carbocycles. The lowest BCUT2D eigenvalue weighted by Crippen LogP contribution is -2.26. The van der Waals surface area contributed by atoms with Gasteiger partial charge in [0.2, 0.25) is 0 Å². The van der Waals surface area contributed by atoms with Crippen molar-refractivity contribution in [1.29, 1.82) is 0 Å². The minimum Gasteiger partial charge on any atom is -0.345 e. The molecule has 0 bridgehead atoms. The molecule has 1 heterocycles. The fourth-order valence-electron chi connectivity index (χ4n) is 1.58. The Morgan fingerprint density at radius 2 is 1.89 bits per heavy atom. The largest absolute Gasteiger partial charge is 0.345 e. The number of halogens is 3. The second-order valence-electron chi connectivity index (χ2n) is 3.96. The zero-order valence-electron chi connectivity index (χ0n) is 9.91. The Bertz CT molecular complexity index is 575. The van der Waals surface area contributed by atoms with Crippen LogP contribution in [0.25, 0.3) is 0 Å². The van der Waals surface area contributed by atoms with Gasteiger partial charge in [0.05, 0.1) is 6.04 Å². The van der Waals surface area contributed by atoms with Gasteiger partial charge in [0.1, 0.15) is 0 Å². The van der Waals surface area contributed by atoms with E-state index in [4.69, 9.17) is 0 Å². The molecule has 1 amide bonds. The van der Waals surface area contributed by atoms with Crippen molar-refractivity contribution >= 4 is 17.2 Å². The van der Waals surface area contributed by atoms with Crippen molar-refractivity contribution in [3.8, 4) is 0 Å². The predicted molar refractivity (Wildman–Crippen MR) is 66.5 cm³/mol. The fraction of sp³-hybridized carbons (Fsp3) is 0.154. The van der Waals surface area contributed by atoms with Crippen LogP contribution in [0.2, 0.25) is 0 Å².